The minimum Gasteiger partial charge on any atom is -0.457 e. The lowest BCUT2D eigenvalue weighted by Gasteiger charge is -2.24. The summed E-state index contributed by atoms with van der Waals surface area (Å²) < 4.78 is 35.0. The van der Waals surface area contributed by atoms with Crippen LogP contribution in [0.5, 0.6) is 0 Å². The summed E-state index contributed by atoms with van der Waals surface area (Å²) in [4.78, 5) is 22.9. The van der Waals surface area contributed by atoms with Gasteiger partial charge in [-0.3, -0.25) is 13.8 Å². The molecule has 0 bridgehead atoms. The van der Waals surface area contributed by atoms with Crippen molar-refractivity contribution in [2.75, 3.05) is 54.1 Å². The van der Waals surface area contributed by atoms with Gasteiger partial charge in [-0.05, 0) is 83.5 Å². The lowest BCUT2D eigenvalue weighted by atomic mass is 10.1. The lowest BCUT2D eigenvalue weighted by molar-refractivity contribution is -0.870. The van der Waals surface area contributed by atoms with E-state index in [4.69, 9.17) is 18.5 Å². The van der Waals surface area contributed by atoms with Gasteiger partial charge in [0.15, 0.2) is 0 Å². The highest BCUT2D eigenvalue weighted by Gasteiger charge is 2.26. The largest absolute Gasteiger partial charge is 0.472 e. The maximum Gasteiger partial charge on any atom is 0.472 e. The van der Waals surface area contributed by atoms with Crippen LogP contribution in [0.1, 0.15) is 162 Å². The highest BCUT2D eigenvalue weighted by atomic mass is 31.2. The van der Waals surface area contributed by atoms with Gasteiger partial charge in [-0.2, -0.15) is 0 Å². The number of nitrogens with zero attached hydrogens (tertiary/aromatic N) is 1. The van der Waals surface area contributed by atoms with E-state index in [0.717, 1.165) is 89.9 Å². The summed E-state index contributed by atoms with van der Waals surface area (Å²) in [7, 11) is 1.63. The Morgan fingerprint density at radius 2 is 1.04 bits per heavy atom. The molecule has 2 unspecified atom stereocenters. The van der Waals surface area contributed by atoms with Gasteiger partial charge in [0.2, 0.25) is 0 Å². The van der Waals surface area contributed by atoms with Gasteiger partial charge in [0.1, 0.15) is 19.3 Å². The Labute approximate surface area is 344 Å². The molecule has 1 N–H and O–H groups in total. The number of allylic oxidation sites excluding steroid dienone is 12. The van der Waals surface area contributed by atoms with E-state index in [1.807, 2.05) is 21.1 Å². The van der Waals surface area contributed by atoms with Crippen molar-refractivity contribution in [1.82, 2.24) is 0 Å². The first-order valence-electron chi connectivity index (χ1n) is 22.2. The van der Waals surface area contributed by atoms with Crippen LogP contribution in [0.2, 0.25) is 0 Å². The minimum absolute atomic E-state index is 0.0775. The van der Waals surface area contributed by atoms with Gasteiger partial charge < -0.3 is 18.9 Å². The number of hydrogen-bond acceptors (Lipinski definition) is 6. The van der Waals surface area contributed by atoms with E-state index < -0.39 is 13.9 Å². The number of rotatable bonds is 40. The number of hydrogen-bond donors (Lipinski definition) is 1. The van der Waals surface area contributed by atoms with Gasteiger partial charge in [-0.15, -0.1) is 0 Å². The molecule has 0 fully saturated rings. The highest BCUT2D eigenvalue weighted by Crippen LogP contribution is 2.43. The molecule has 0 spiro atoms. The smallest absolute Gasteiger partial charge is 0.457 e. The Kier molecular flexibility index (Phi) is 38.3. The number of carbonyl (C=O) groups is 1. The molecular formula is C47H85NO7P+. The molecule has 2 atom stereocenters. The zero-order valence-corrected chi connectivity index (χ0v) is 37.5. The Morgan fingerprint density at radius 3 is 1.55 bits per heavy atom. The number of carbonyl (C=O) groups excluding carboxylic acids is 1. The summed E-state index contributed by atoms with van der Waals surface area (Å²) >= 11 is 0. The van der Waals surface area contributed by atoms with Crippen LogP contribution in [0.25, 0.3) is 0 Å². The molecule has 9 heteroatoms. The molecule has 0 aromatic carbocycles. The summed E-state index contributed by atoms with van der Waals surface area (Å²) in [5, 5.41) is 0. The van der Waals surface area contributed by atoms with Crippen LogP contribution in [-0.4, -0.2) is 75.6 Å². The summed E-state index contributed by atoms with van der Waals surface area (Å²) in [6.07, 6.45) is 50.7. The van der Waals surface area contributed by atoms with Crippen LogP contribution in [0.3, 0.4) is 0 Å². The fourth-order valence-corrected chi connectivity index (χ4v) is 6.31. The van der Waals surface area contributed by atoms with Gasteiger partial charge in [-0.25, -0.2) is 4.57 Å². The quantitative estimate of drug-likeness (QED) is 0.0217. The van der Waals surface area contributed by atoms with E-state index in [9.17, 15) is 14.3 Å². The van der Waals surface area contributed by atoms with E-state index in [2.05, 4.69) is 86.8 Å². The molecule has 0 saturated heterocycles. The molecule has 0 aliphatic heterocycles. The van der Waals surface area contributed by atoms with Crippen molar-refractivity contribution in [3.8, 4) is 0 Å². The number of phosphoric ester groups is 1. The van der Waals surface area contributed by atoms with Gasteiger partial charge in [0, 0.05) is 13.0 Å². The SMILES string of the molecule is CC/C=C\C/C=C\C/C=C\C/C=C\CCCCCCC(=O)OC(COCCCCCCCC/C=C\C/C=C\CCCCCC)COP(=O)(O)OCC[N+](C)(C)C. The first-order chi connectivity index (χ1) is 27.1. The second-order valence-corrected chi connectivity index (χ2v) is 17.1. The molecule has 8 nitrogen and oxygen atoms in total. The Balaban J connectivity index is 4.32. The molecule has 56 heavy (non-hydrogen) atoms. The predicted octanol–water partition coefficient (Wildman–Crippen LogP) is 13.1. The van der Waals surface area contributed by atoms with Crippen LogP contribution >= 0.6 is 7.82 Å². The first kappa shape index (κ1) is 53.9. The van der Waals surface area contributed by atoms with Crippen molar-refractivity contribution in [2.45, 2.75) is 168 Å². The van der Waals surface area contributed by atoms with Crippen LogP contribution in [0.15, 0.2) is 72.9 Å². The summed E-state index contributed by atoms with van der Waals surface area (Å²) in [5.74, 6) is -0.344. The third-order valence-electron chi connectivity index (χ3n) is 9.00. The summed E-state index contributed by atoms with van der Waals surface area (Å²) in [6.45, 7) is 5.41. The van der Waals surface area contributed by atoms with Crippen molar-refractivity contribution >= 4 is 13.8 Å². The monoisotopic (exact) mass is 807 g/mol. The van der Waals surface area contributed by atoms with Crippen molar-refractivity contribution in [2.24, 2.45) is 0 Å². The van der Waals surface area contributed by atoms with Crippen LogP contribution in [0, 0.1) is 0 Å². The number of phosphoric acid groups is 1. The molecule has 0 amide bonds. The summed E-state index contributed by atoms with van der Waals surface area (Å²) in [6, 6.07) is 0. The van der Waals surface area contributed by atoms with Crippen molar-refractivity contribution in [1.29, 1.82) is 0 Å². The predicted molar refractivity (Wildman–Crippen MR) is 238 cm³/mol. The molecule has 0 rings (SSSR count). The first-order valence-corrected chi connectivity index (χ1v) is 23.7. The molecule has 0 heterocycles. The molecule has 0 radical (unpaired) electrons. The van der Waals surface area contributed by atoms with E-state index in [0.29, 0.717) is 24.1 Å². The van der Waals surface area contributed by atoms with Crippen molar-refractivity contribution < 1.29 is 37.3 Å². The average Bonchev–Trinajstić information content (AvgIpc) is 3.15. The molecular weight excluding hydrogens is 721 g/mol. The zero-order chi connectivity index (χ0) is 41.3. The van der Waals surface area contributed by atoms with Gasteiger partial charge in [0.25, 0.3) is 0 Å². The molecule has 0 aliphatic carbocycles. The second kappa shape index (κ2) is 39.8. The number of unbranched alkanes of at least 4 members (excludes halogenated alkanes) is 14. The van der Waals surface area contributed by atoms with Gasteiger partial charge in [-0.1, -0.05) is 145 Å². The molecule has 0 aliphatic rings. The molecule has 0 saturated carbocycles. The maximum absolute atomic E-state index is 12.7. The van der Waals surface area contributed by atoms with E-state index in [-0.39, 0.29) is 25.8 Å². The van der Waals surface area contributed by atoms with Gasteiger partial charge >= 0.3 is 13.8 Å². The fraction of sp³-hybridized carbons (Fsp3) is 0.723. The third-order valence-corrected chi connectivity index (χ3v) is 9.99. The lowest BCUT2D eigenvalue weighted by Crippen LogP contribution is -2.37. The number of ether oxygens (including phenoxy) is 2. The summed E-state index contributed by atoms with van der Waals surface area (Å²) in [5.41, 5.74) is 0. The van der Waals surface area contributed by atoms with Crippen molar-refractivity contribution in [3.05, 3.63) is 72.9 Å². The van der Waals surface area contributed by atoms with E-state index in [1.54, 1.807) is 0 Å². The fourth-order valence-electron chi connectivity index (χ4n) is 5.57. The Hall–Kier alpha value is -2.06. The molecule has 0 aromatic rings. The highest BCUT2D eigenvalue weighted by molar-refractivity contribution is 7.47. The van der Waals surface area contributed by atoms with Crippen LogP contribution in [-0.2, 0) is 27.9 Å². The Bertz CT molecular complexity index is 1120. The standard InChI is InChI=1S/C47H84NO7P/c1-6-8-10-12-14-16-18-20-22-24-26-28-30-32-34-36-38-40-47(49)55-46(45-54-56(50,51)53-43-41-48(3,4)5)44-52-42-39-37-35-33-31-29-27-25-23-21-19-17-15-13-11-9-7-2/h8,10,14,16-17,19-20,22-23,25-26,28,46H,6-7,9,11-13,15,18,21,24,27,29-45H2,1-5H3/p+1/b10-8-,16-14-,19-17-,22-20-,25-23-,28-26-. The van der Waals surface area contributed by atoms with Crippen molar-refractivity contribution in [3.63, 3.8) is 0 Å². The third kappa shape index (κ3) is 43.1. The number of likely N-dealkylation sites (N-methyl/N-ethyl adjacent to an activating group) is 1. The number of esters is 1. The molecule has 324 valence electrons. The average molecular weight is 807 g/mol. The number of quaternary nitrogens is 1. The van der Waals surface area contributed by atoms with E-state index in [1.165, 1.54) is 51.4 Å². The Morgan fingerprint density at radius 1 is 0.571 bits per heavy atom. The normalized spacial score (nSPS) is 14.5. The topological polar surface area (TPSA) is 91.3 Å². The van der Waals surface area contributed by atoms with Crippen LogP contribution in [0.4, 0.5) is 0 Å². The second-order valence-electron chi connectivity index (χ2n) is 15.7. The van der Waals surface area contributed by atoms with Gasteiger partial charge in [0.05, 0.1) is 34.4 Å². The van der Waals surface area contributed by atoms with Crippen LogP contribution < -0.4 is 0 Å². The van der Waals surface area contributed by atoms with E-state index >= 15 is 0 Å². The zero-order valence-electron chi connectivity index (χ0n) is 36.6. The molecule has 0 aromatic heterocycles. The maximum atomic E-state index is 12.7. The minimum atomic E-state index is -4.29.